The minimum Gasteiger partial charge on any atom is -0.337 e. The molecule has 8 nitrogen and oxygen atoms in total. The van der Waals surface area contributed by atoms with Crippen LogP contribution in [0.3, 0.4) is 0 Å². The van der Waals surface area contributed by atoms with Gasteiger partial charge in [0.05, 0.1) is 23.3 Å². The number of nitrogens with one attached hydrogen (secondary N) is 1. The molecule has 1 saturated heterocycles. The van der Waals surface area contributed by atoms with E-state index in [9.17, 15) is 9.59 Å². The maximum atomic E-state index is 13.1. The molecule has 2 aliphatic heterocycles. The number of likely N-dealkylation sites (tertiary alicyclic amines) is 1. The van der Waals surface area contributed by atoms with Crippen molar-refractivity contribution in [2.24, 2.45) is 0 Å². The van der Waals surface area contributed by atoms with Crippen LogP contribution in [0.5, 0.6) is 0 Å². The van der Waals surface area contributed by atoms with Gasteiger partial charge in [0.25, 0.3) is 5.91 Å². The van der Waals surface area contributed by atoms with Gasteiger partial charge in [0, 0.05) is 38.3 Å². The SMILES string of the molecule is CC(C)N1CCn2nc(C(=O)N3CCC(n4c(=O)[nH]c5ccccc54)CC3)cc2C1. The molecule has 1 N–H and O–H groups in total. The topological polar surface area (TPSA) is 79.2 Å². The zero-order chi connectivity index (χ0) is 20.8. The van der Waals surface area contributed by atoms with Gasteiger partial charge in [-0.1, -0.05) is 12.1 Å². The number of imidazole rings is 1. The minimum absolute atomic E-state index is 0.00211. The molecule has 1 aromatic carbocycles. The van der Waals surface area contributed by atoms with Crippen molar-refractivity contribution >= 4 is 16.9 Å². The summed E-state index contributed by atoms with van der Waals surface area (Å²) in [6.07, 6.45) is 1.53. The Kier molecular flexibility index (Phi) is 4.73. The van der Waals surface area contributed by atoms with E-state index in [2.05, 4.69) is 28.8 Å². The molecular weight excluding hydrogens is 380 g/mol. The maximum Gasteiger partial charge on any atom is 0.326 e. The summed E-state index contributed by atoms with van der Waals surface area (Å²) < 4.78 is 3.83. The van der Waals surface area contributed by atoms with Crippen molar-refractivity contribution < 1.29 is 4.79 Å². The first-order valence-electron chi connectivity index (χ1n) is 10.8. The molecule has 158 valence electrons. The van der Waals surface area contributed by atoms with Gasteiger partial charge in [-0.3, -0.25) is 18.9 Å². The monoisotopic (exact) mass is 408 g/mol. The highest BCUT2D eigenvalue weighted by Gasteiger charge is 2.29. The quantitative estimate of drug-likeness (QED) is 0.721. The van der Waals surface area contributed by atoms with Crippen LogP contribution >= 0.6 is 0 Å². The zero-order valence-corrected chi connectivity index (χ0v) is 17.5. The van der Waals surface area contributed by atoms with Crippen LogP contribution in [0.1, 0.15) is 48.9 Å². The molecule has 2 aromatic heterocycles. The van der Waals surface area contributed by atoms with Crippen molar-refractivity contribution in [1.29, 1.82) is 0 Å². The number of carbonyl (C=O) groups excluding carboxylic acids is 1. The zero-order valence-electron chi connectivity index (χ0n) is 17.5. The van der Waals surface area contributed by atoms with Gasteiger partial charge in [0.1, 0.15) is 0 Å². The Labute approximate surface area is 175 Å². The lowest BCUT2D eigenvalue weighted by atomic mass is 10.0. The predicted molar refractivity (Wildman–Crippen MR) is 115 cm³/mol. The number of nitrogens with zero attached hydrogens (tertiary/aromatic N) is 5. The number of para-hydroxylation sites is 2. The standard InChI is InChI=1S/C22H28N6O2/c1-15(2)26-11-12-27-17(14-26)13-19(24-27)21(29)25-9-7-16(8-10-25)28-20-6-4-3-5-18(20)23-22(28)30/h3-6,13,15-16H,7-12,14H2,1-2H3,(H,23,30). The van der Waals surface area contributed by atoms with Gasteiger partial charge in [0.2, 0.25) is 0 Å². The molecule has 0 bridgehead atoms. The van der Waals surface area contributed by atoms with Crippen molar-refractivity contribution in [3.05, 3.63) is 52.2 Å². The summed E-state index contributed by atoms with van der Waals surface area (Å²) in [7, 11) is 0. The van der Waals surface area contributed by atoms with Gasteiger partial charge in [-0.15, -0.1) is 0 Å². The van der Waals surface area contributed by atoms with Gasteiger partial charge in [-0.2, -0.15) is 5.10 Å². The van der Waals surface area contributed by atoms with E-state index in [0.717, 1.165) is 49.2 Å². The van der Waals surface area contributed by atoms with E-state index < -0.39 is 0 Å². The predicted octanol–water partition coefficient (Wildman–Crippen LogP) is 2.23. The number of aromatic nitrogens is 4. The molecule has 0 radical (unpaired) electrons. The second kappa shape index (κ2) is 7.43. The summed E-state index contributed by atoms with van der Waals surface area (Å²) in [5, 5.41) is 4.58. The summed E-state index contributed by atoms with van der Waals surface area (Å²) in [6, 6.07) is 10.3. The highest BCUT2D eigenvalue weighted by molar-refractivity contribution is 5.92. The van der Waals surface area contributed by atoms with Crippen LogP contribution in [0, 0.1) is 0 Å². The number of benzene rings is 1. The van der Waals surface area contributed by atoms with Crippen LogP contribution in [0.2, 0.25) is 0 Å². The van der Waals surface area contributed by atoms with Gasteiger partial charge >= 0.3 is 5.69 Å². The van der Waals surface area contributed by atoms with Crippen molar-refractivity contribution in [2.75, 3.05) is 19.6 Å². The Balaban J connectivity index is 1.29. The van der Waals surface area contributed by atoms with Gasteiger partial charge < -0.3 is 9.88 Å². The van der Waals surface area contributed by atoms with Crippen molar-refractivity contribution in [3.8, 4) is 0 Å². The second-order valence-electron chi connectivity index (χ2n) is 8.65. The summed E-state index contributed by atoms with van der Waals surface area (Å²) >= 11 is 0. The van der Waals surface area contributed by atoms with Crippen LogP contribution in [-0.2, 0) is 13.1 Å². The van der Waals surface area contributed by atoms with E-state index in [1.54, 1.807) is 0 Å². The van der Waals surface area contributed by atoms with E-state index in [1.807, 2.05) is 44.5 Å². The molecule has 0 unspecified atom stereocenters. The van der Waals surface area contributed by atoms with E-state index >= 15 is 0 Å². The fraction of sp³-hybridized carbons (Fsp3) is 0.500. The van der Waals surface area contributed by atoms with Crippen molar-refractivity contribution in [3.63, 3.8) is 0 Å². The Bertz CT molecular complexity index is 1130. The maximum absolute atomic E-state index is 13.1. The molecule has 0 spiro atoms. The Hall–Kier alpha value is -2.87. The first-order valence-corrected chi connectivity index (χ1v) is 10.8. The molecule has 1 fully saturated rings. The number of piperidine rings is 1. The smallest absolute Gasteiger partial charge is 0.326 e. The normalized spacial score (nSPS) is 18.3. The fourth-order valence-electron chi connectivity index (χ4n) is 4.76. The number of fused-ring (bicyclic) bond motifs is 2. The van der Waals surface area contributed by atoms with Crippen LogP contribution in [-0.4, -0.2) is 60.7 Å². The molecular formula is C22H28N6O2. The van der Waals surface area contributed by atoms with Gasteiger partial charge in [0.15, 0.2) is 5.69 Å². The number of hydrogen-bond donors (Lipinski definition) is 1. The van der Waals surface area contributed by atoms with Crippen LogP contribution in [0.4, 0.5) is 0 Å². The molecule has 4 heterocycles. The van der Waals surface area contributed by atoms with Gasteiger partial charge in [-0.25, -0.2) is 4.79 Å². The molecule has 3 aromatic rings. The summed E-state index contributed by atoms with van der Waals surface area (Å²) in [5.41, 5.74) is 3.37. The van der Waals surface area contributed by atoms with E-state index in [-0.39, 0.29) is 17.6 Å². The van der Waals surface area contributed by atoms with E-state index in [0.29, 0.717) is 24.8 Å². The lowest BCUT2D eigenvalue weighted by Gasteiger charge is -2.32. The molecule has 30 heavy (non-hydrogen) atoms. The molecule has 0 saturated carbocycles. The third-order valence-corrected chi connectivity index (χ3v) is 6.52. The Morgan fingerprint density at radius 1 is 1.13 bits per heavy atom. The van der Waals surface area contributed by atoms with E-state index in [4.69, 9.17) is 0 Å². The number of hydrogen-bond acceptors (Lipinski definition) is 4. The molecule has 0 atom stereocenters. The first-order chi connectivity index (χ1) is 14.5. The average Bonchev–Trinajstić information content (AvgIpc) is 3.32. The lowest BCUT2D eigenvalue weighted by Crippen LogP contribution is -2.40. The second-order valence-corrected chi connectivity index (χ2v) is 8.65. The van der Waals surface area contributed by atoms with E-state index in [1.165, 1.54) is 0 Å². The third kappa shape index (κ3) is 3.25. The number of rotatable bonds is 3. The van der Waals surface area contributed by atoms with Gasteiger partial charge in [-0.05, 0) is 44.9 Å². The lowest BCUT2D eigenvalue weighted by molar-refractivity contribution is 0.0687. The number of aromatic amines is 1. The summed E-state index contributed by atoms with van der Waals surface area (Å²) in [6.45, 7) is 8.29. The van der Waals surface area contributed by atoms with Crippen LogP contribution < -0.4 is 5.69 Å². The molecule has 2 aliphatic rings. The summed E-state index contributed by atoms with van der Waals surface area (Å²) in [4.78, 5) is 32.8. The molecule has 1 amide bonds. The fourth-order valence-corrected chi connectivity index (χ4v) is 4.76. The summed E-state index contributed by atoms with van der Waals surface area (Å²) in [5.74, 6) is -0.00211. The molecule has 5 rings (SSSR count). The third-order valence-electron chi connectivity index (χ3n) is 6.52. The van der Waals surface area contributed by atoms with Crippen LogP contribution in [0.25, 0.3) is 11.0 Å². The number of H-pyrrole nitrogens is 1. The highest BCUT2D eigenvalue weighted by atomic mass is 16.2. The number of amides is 1. The average molecular weight is 409 g/mol. The first kappa shape index (κ1) is 19.1. The van der Waals surface area contributed by atoms with Crippen molar-refractivity contribution in [1.82, 2.24) is 29.1 Å². The number of carbonyl (C=O) groups is 1. The Morgan fingerprint density at radius 2 is 1.90 bits per heavy atom. The highest BCUT2D eigenvalue weighted by Crippen LogP contribution is 2.26. The Morgan fingerprint density at radius 3 is 2.67 bits per heavy atom. The largest absolute Gasteiger partial charge is 0.337 e. The van der Waals surface area contributed by atoms with Crippen molar-refractivity contribution in [2.45, 2.75) is 51.9 Å². The molecule has 0 aliphatic carbocycles. The molecule has 8 heteroatoms. The van der Waals surface area contributed by atoms with Crippen LogP contribution in [0.15, 0.2) is 35.1 Å². The minimum atomic E-state index is -0.0718.